The van der Waals surface area contributed by atoms with Crippen molar-refractivity contribution in [3.63, 3.8) is 0 Å². The molecular weight excluding hydrogens is 156 g/mol. The molecule has 0 nitrogen and oxygen atoms in total. The van der Waals surface area contributed by atoms with E-state index in [0.29, 0.717) is 0 Å². The van der Waals surface area contributed by atoms with Gasteiger partial charge >= 0.3 is 0 Å². The van der Waals surface area contributed by atoms with Crippen LogP contribution in [0.1, 0.15) is 43.0 Å². The highest BCUT2D eigenvalue weighted by Gasteiger charge is 2.03. The molecule has 0 heteroatoms. The highest BCUT2D eigenvalue weighted by atomic mass is 14.1. The van der Waals surface area contributed by atoms with Crippen LogP contribution >= 0.6 is 0 Å². The van der Waals surface area contributed by atoms with Crippen LogP contribution in [-0.4, -0.2) is 0 Å². The van der Waals surface area contributed by atoms with Crippen LogP contribution in [0.4, 0.5) is 0 Å². The Morgan fingerprint density at radius 1 is 0.769 bits per heavy atom. The van der Waals surface area contributed by atoms with Crippen molar-refractivity contribution in [1.82, 2.24) is 0 Å². The molecule has 1 rings (SSSR count). The van der Waals surface area contributed by atoms with E-state index in [1.165, 1.54) is 22.3 Å². The van der Waals surface area contributed by atoms with E-state index >= 15 is 0 Å². The van der Waals surface area contributed by atoms with Crippen LogP contribution in [0.2, 0.25) is 0 Å². The van der Waals surface area contributed by atoms with Gasteiger partial charge in [0, 0.05) is 0 Å². The third-order valence-electron chi connectivity index (χ3n) is 2.80. The molecule has 13 heavy (non-hydrogen) atoms. The van der Waals surface area contributed by atoms with E-state index in [-0.39, 0.29) is 0 Å². The Balaban J connectivity index is 3.18. The molecule has 0 aliphatic carbocycles. The van der Waals surface area contributed by atoms with Crippen LogP contribution < -0.4 is 0 Å². The molecule has 0 aliphatic heterocycles. The third-order valence-corrected chi connectivity index (χ3v) is 2.80. The fourth-order valence-electron chi connectivity index (χ4n) is 1.90. The summed E-state index contributed by atoms with van der Waals surface area (Å²) in [7, 11) is 0. The first-order valence-electron chi connectivity index (χ1n) is 5.34. The minimum absolute atomic E-state index is 1.16. The van der Waals surface area contributed by atoms with Crippen LogP contribution in [0, 0.1) is 6.92 Å². The normalized spacial score (nSPS) is 10.5. The lowest BCUT2D eigenvalue weighted by Crippen LogP contribution is -1.96. The molecule has 72 valence electrons. The second-order valence-electron chi connectivity index (χ2n) is 3.61. The fraction of sp³-hybridized carbons (Fsp3) is 0.538. The summed E-state index contributed by atoms with van der Waals surface area (Å²) in [4.78, 5) is 0. The van der Waals surface area contributed by atoms with Gasteiger partial charge in [-0.1, -0.05) is 32.9 Å². The Hall–Kier alpha value is -0.780. The summed E-state index contributed by atoms with van der Waals surface area (Å²) in [6.45, 7) is 8.92. The molecule has 0 radical (unpaired) electrons. The van der Waals surface area contributed by atoms with Crippen molar-refractivity contribution in [2.75, 3.05) is 0 Å². The van der Waals surface area contributed by atoms with E-state index in [9.17, 15) is 0 Å². The maximum atomic E-state index is 2.38. The summed E-state index contributed by atoms with van der Waals surface area (Å²) >= 11 is 0. The first kappa shape index (κ1) is 10.3. The minimum atomic E-state index is 1.16. The molecule has 0 saturated heterocycles. The van der Waals surface area contributed by atoms with Crippen molar-refractivity contribution in [1.29, 1.82) is 0 Å². The quantitative estimate of drug-likeness (QED) is 0.659. The Morgan fingerprint density at radius 3 is 1.69 bits per heavy atom. The number of benzene rings is 1. The number of rotatable bonds is 3. The van der Waals surface area contributed by atoms with Crippen molar-refractivity contribution in [2.24, 2.45) is 0 Å². The van der Waals surface area contributed by atoms with E-state index in [1.807, 2.05) is 0 Å². The SMILES string of the molecule is CCc1cc(CC)c(CC)cc1C. The molecule has 1 aromatic rings. The molecule has 0 N–H and O–H groups in total. The van der Waals surface area contributed by atoms with Gasteiger partial charge in [0.1, 0.15) is 0 Å². The summed E-state index contributed by atoms with van der Waals surface area (Å²) in [5, 5.41) is 0. The second-order valence-corrected chi connectivity index (χ2v) is 3.61. The molecule has 0 saturated carbocycles. The van der Waals surface area contributed by atoms with Gasteiger partial charge in [0.15, 0.2) is 0 Å². The monoisotopic (exact) mass is 176 g/mol. The molecular formula is C13H20. The molecule has 0 aromatic heterocycles. The summed E-state index contributed by atoms with van der Waals surface area (Å²) in [5.41, 5.74) is 6.02. The fourth-order valence-corrected chi connectivity index (χ4v) is 1.90. The standard InChI is InChI=1S/C13H20/c1-5-11-9-13(7-3)12(6-2)8-10(11)4/h8-9H,5-7H2,1-4H3. The molecule has 0 unspecified atom stereocenters. The van der Waals surface area contributed by atoms with E-state index < -0.39 is 0 Å². The van der Waals surface area contributed by atoms with Crippen molar-refractivity contribution in [2.45, 2.75) is 47.0 Å². The first-order chi connectivity index (χ1) is 6.22. The van der Waals surface area contributed by atoms with Gasteiger partial charge in [0.05, 0.1) is 0 Å². The zero-order chi connectivity index (χ0) is 9.84. The molecule has 0 bridgehead atoms. The van der Waals surface area contributed by atoms with Crippen LogP contribution in [0.15, 0.2) is 12.1 Å². The summed E-state index contributed by atoms with van der Waals surface area (Å²) in [5.74, 6) is 0. The van der Waals surface area contributed by atoms with Crippen molar-refractivity contribution in [3.05, 3.63) is 34.4 Å². The van der Waals surface area contributed by atoms with Crippen molar-refractivity contribution >= 4 is 0 Å². The molecule has 0 heterocycles. The van der Waals surface area contributed by atoms with Crippen LogP contribution in [0.3, 0.4) is 0 Å². The van der Waals surface area contributed by atoms with Gasteiger partial charge in [-0.05, 0) is 48.4 Å². The molecule has 0 spiro atoms. The van der Waals surface area contributed by atoms with E-state index in [2.05, 4.69) is 39.8 Å². The van der Waals surface area contributed by atoms with Gasteiger partial charge in [-0.2, -0.15) is 0 Å². The number of aryl methyl sites for hydroxylation is 4. The van der Waals surface area contributed by atoms with Gasteiger partial charge in [-0.15, -0.1) is 0 Å². The van der Waals surface area contributed by atoms with Gasteiger partial charge in [-0.3, -0.25) is 0 Å². The summed E-state index contributed by atoms with van der Waals surface area (Å²) < 4.78 is 0. The molecule has 0 atom stereocenters. The lowest BCUT2D eigenvalue weighted by Gasteiger charge is -2.11. The van der Waals surface area contributed by atoms with E-state index in [1.54, 1.807) is 0 Å². The Labute approximate surface area is 82.0 Å². The van der Waals surface area contributed by atoms with E-state index in [0.717, 1.165) is 19.3 Å². The first-order valence-corrected chi connectivity index (χ1v) is 5.34. The van der Waals surface area contributed by atoms with Crippen LogP contribution in [0.5, 0.6) is 0 Å². The highest BCUT2D eigenvalue weighted by molar-refractivity contribution is 5.37. The van der Waals surface area contributed by atoms with Crippen LogP contribution in [-0.2, 0) is 19.3 Å². The van der Waals surface area contributed by atoms with Gasteiger partial charge in [0.2, 0.25) is 0 Å². The topological polar surface area (TPSA) is 0 Å². The molecule has 0 aliphatic rings. The predicted octanol–water partition coefficient (Wildman–Crippen LogP) is 3.68. The largest absolute Gasteiger partial charge is 0.0613 e. The average Bonchev–Trinajstić information content (AvgIpc) is 2.17. The maximum absolute atomic E-state index is 2.38. The molecule has 1 aromatic carbocycles. The van der Waals surface area contributed by atoms with E-state index in [4.69, 9.17) is 0 Å². The predicted molar refractivity (Wildman–Crippen MR) is 59.3 cm³/mol. The lowest BCUT2D eigenvalue weighted by molar-refractivity contribution is 1.00. The maximum Gasteiger partial charge on any atom is -0.0305 e. The van der Waals surface area contributed by atoms with Crippen molar-refractivity contribution in [3.8, 4) is 0 Å². The third kappa shape index (κ3) is 2.12. The van der Waals surface area contributed by atoms with Gasteiger partial charge < -0.3 is 0 Å². The Kier molecular flexibility index (Phi) is 3.53. The smallest absolute Gasteiger partial charge is 0.0305 e. The zero-order valence-corrected chi connectivity index (χ0v) is 9.28. The van der Waals surface area contributed by atoms with Crippen LogP contribution in [0.25, 0.3) is 0 Å². The molecule has 0 amide bonds. The second kappa shape index (κ2) is 4.45. The van der Waals surface area contributed by atoms with Gasteiger partial charge in [0.25, 0.3) is 0 Å². The Bertz CT molecular complexity index is 284. The average molecular weight is 176 g/mol. The number of hydrogen-bond donors (Lipinski definition) is 0. The lowest BCUT2D eigenvalue weighted by atomic mass is 9.95. The minimum Gasteiger partial charge on any atom is -0.0613 e. The summed E-state index contributed by atoms with van der Waals surface area (Å²) in [6, 6.07) is 4.74. The summed E-state index contributed by atoms with van der Waals surface area (Å²) in [6.07, 6.45) is 3.48. The zero-order valence-electron chi connectivity index (χ0n) is 9.28. The highest BCUT2D eigenvalue weighted by Crippen LogP contribution is 2.18. The Morgan fingerprint density at radius 2 is 1.23 bits per heavy atom. The number of hydrogen-bond acceptors (Lipinski definition) is 0. The van der Waals surface area contributed by atoms with Crippen molar-refractivity contribution < 1.29 is 0 Å². The van der Waals surface area contributed by atoms with Gasteiger partial charge in [-0.25, -0.2) is 0 Å². The molecule has 0 fully saturated rings.